The molecule has 2 unspecified atom stereocenters. The summed E-state index contributed by atoms with van der Waals surface area (Å²) < 4.78 is 6.56. The molecular weight excluding hydrogens is 280 g/mol. The van der Waals surface area contributed by atoms with Crippen LogP contribution in [0, 0.1) is 0 Å². The average molecular weight is 297 g/mol. The molecule has 1 aliphatic heterocycles. The van der Waals surface area contributed by atoms with Gasteiger partial charge in [-0.3, -0.25) is 0 Å². The van der Waals surface area contributed by atoms with Crippen molar-refractivity contribution in [2.75, 3.05) is 13.2 Å². The summed E-state index contributed by atoms with van der Waals surface area (Å²) in [5, 5.41) is 0. The van der Waals surface area contributed by atoms with Gasteiger partial charge in [0.25, 0.3) is 0 Å². The van der Waals surface area contributed by atoms with Crippen molar-refractivity contribution in [3.63, 3.8) is 0 Å². The number of benzene rings is 1. The maximum Gasteiger partial charge on any atom is 0.120 e. The molecule has 0 bridgehead atoms. The second-order valence-electron chi connectivity index (χ2n) is 4.64. The molecule has 0 aliphatic carbocycles. The average Bonchev–Trinajstić information content (AvgIpc) is 2.82. The highest BCUT2D eigenvalue weighted by atomic mass is 79.9. The molecule has 1 aliphatic rings. The minimum atomic E-state index is 0.290. The summed E-state index contributed by atoms with van der Waals surface area (Å²) in [7, 11) is 0. The van der Waals surface area contributed by atoms with Crippen LogP contribution in [0.5, 0.6) is 0 Å². The number of halogens is 1. The molecule has 3 heteroatoms. The Morgan fingerprint density at radius 2 is 2.41 bits per heavy atom. The number of carbonyl (C=O) groups is 1. The Morgan fingerprint density at radius 3 is 3.00 bits per heavy atom. The summed E-state index contributed by atoms with van der Waals surface area (Å²) in [4.78, 5) is 10.5. The Labute approximate surface area is 110 Å². The Morgan fingerprint density at radius 1 is 1.59 bits per heavy atom. The minimum Gasteiger partial charge on any atom is -0.381 e. The van der Waals surface area contributed by atoms with Gasteiger partial charge in [0, 0.05) is 23.4 Å². The molecule has 0 N–H and O–H groups in total. The minimum absolute atomic E-state index is 0.290. The van der Waals surface area contributed by atoms with Crippen molar-refractivity contribution in [2.45, 2.75) is 31.6 Å². The third-order valence-corrected chi connectivity index (χ3v) is 4.10. The molecule has 0 aromatic heterocycles. The third kappa shape index (κ3) is 2.96. The van der Waals surface area contributed by atoms with E-state index in [1.54, 1.807) is 0 Å². The smallest absolute Gasteiger partial charge is 0.120 e. The fourth-order valence-electron chi connectivity index (χ4n) is 2.24. The van der Waals surface area contributed by atoms with Crippen LogP contribution in [0.3, 0.4) is 0 Å². The van der Waals surface area contributed by atoms with Crippen molar-refractivity contribution < 1.29 is 9.53 Å². The second kappa shape index (κ2) is 5.78. The summed E-state index contributed by atoms with van der Waals surface area (Å²) in [5.74, 6) is 0.803. The summed E-state index contributed by atoms with van der Waals surface area (Å²) in [6.45, 7) is 3.76. The van der Waals surface area contributed by atoms with Crippen LogP contribution < -0.4 is 0 Å². The van der Waals surface area contributed by atoms with E-state index >= 15 is 0 Å². The fraction of sp³-hybridized carbons (Fsp3) is 0.500. The van der Waals surface area contributed by atoms with E-state index in [2.05, 4.69) is 41.1 Å². The summed E-state index contributed by atoms with van der Waals surface area (Å²) in [6, 6.07) is 6.44. The van der Waals surface area contributed by atoms with E-state index in [1.165, 1.54) is 11.1 Å². The normalized spacial score (nSPS) is 21.4. The van der Waals surface area contributed by atoms with Crippen LogP contribution in [0.2, 0.25) is 0 Å². The van der Waals surface area contributed by atoms with E-state index in [0.717, 1.165) is 30.4 Å². The summed E-state index contributed by atoms with van der Waals surface area (Å²) in [6.07, 6.45) is 2.66. The van der Waals surface area contributed by atoms with Gasteiger partial charge in [0.05, 0.1) is 6.61 Å². The van der Waals surface area contributed by atoms with Crippen molar-refractivity contribution >= 4 is 22.2 Å². The molecule has 0 spiro atoms. The van der Waals surface area contributed by atoms with Gasteiger partial charge in [-0.2, -0.15) is 0 Å². The first kappa shape index (κ1) is 12.8. The van der Waals surface area contributed by atoms with E-state index in [0.29, 0.717) is 12.3 Å². The van der Waals surface area contributed by atoms with Crippen LogP contribution in [0.1, 0.15) is 42.7 Å². The van der Waals surface area contributed by atoms with Gasteiger partial charge in [-0.25, -0.2) is 0 Å². The van der Waals surface area contributed by atoms with Crippen LogP contribution in [-0.2, 0) is 9.53 Å². The Bertz CT molecular complexity index is 397. The molecule has 1 aromatic rings. The van der Waals surface area contributed by atoms with Crippen molar-refractivity contribution in [3.8, 4) is 0 Å². The SMILES string of the molecule is CC(CC=O)c1ccc(C2CCOC2)c(Br)c1. The molecule has 0 radical (unpaired) electrons. The van der Waals surface area contributed by atoms with Gasteiger partial charge in [0.2, 0.25) is 0 Å². The van der Waals surface area contributed by atoms with E-state index in [1.807, 2.05) is 0 Å². The van der Waals surface area contributed by atoms with Gasteiger partial charge in [-0.15, -0.1) is 0 Å². The highest BCUT2D eigenvalue weighted by molar-refractivity contribution is 9.10. The predicted molar refractivity (Wildman–Crippen MR) is 71.4 cm³/mol. The lowest BCUT2D eigenvalue weighted by molar-refractivity contribution is -0.108. The molecule has 1 aromatic carbocycles. The lowest BCUT2D eigenvalue weighted by Crippen LogP contribution is -2.01. The monoisotopic (exact) mass is 296 g/mol. The van der Waals surface area contributed by atoms with E-state index < -0.39 is 0 Å². The van der Waals surface area contributed by atoms with Gasteiger partial charge in [0.1, 0.15) is 6.29 Å². The fourth-order valence-corrected chi connectivity index (χ4v) is 2.96. The van der Waals surface area contributed by atoms with Crippen LogP contribution in [0.4, 0.5) is 0 Å². The van der Waals surface area contributed by atoms with Crippen molar-refractivity contribution in [3.05, 3.63) is 33.8 Å². The highest BCUT2D eigenvalue weighted by Gasteiger charge is 2.20. The predicted octanol–water partition coefficient (Wildman–Crippen LogP) is 3.65. The zero-order chi connectivity index (χ0) is 12.3. The zero-order valence-corrected chi connectivity index (χ0v) is 11.6. The lowest BCUT2D eigenvalue weighted by atomic mass is 9.93. The van der Waals surface area contributed by atoms with Crippen molar-refractivity contribution in [1.29, 1.82) is 0 Å². The van der Waals surface area contributed by atoms with Crippen LogP contribution in [-0.4, -0.2) is 19.5 Å². The van der Waals surface area contributed by atoms with Crippen molar-refractivity contribution in [2.24, 2.45) is 0 Å². The van der Waals surface area contributed by atoms with Gasteiger partial charge in [0.15, 0.2) is 0 Å². The number of hydrogen-bond acceptors (Lipinski definition) is 2. The maximum atomic E-state index is 10.5. The first-order valence-electron chi connectivity index (χ1n) is 6.03. The van der Waals surface area contributed by atoms with Gasteiger partial charge in [-0.05, 0) is 29.5 Å². The first-order chi connectivity index (χ1) is 8.22. The molecule has 17 heavy (non-hydrogen) atoms. The molecule has 1 heterocycles. The number of aldehydes is 1. The second-order valence-corrected chi connectivity index (χ2v) is 5.50. The first-order valence-corrected chi connectivity index (χ1v) is 6.82. The lowest BCUT2D eigenvalue weighted by Gasteiger charge is -2.14. The molecule has 2 rings (SSSR count). The standard InChI is InChI=1S/C14H17BrO2/c1-10(4-6-16)11-2-3-13(14(15)8-11)12-5-7-17-9-12/h2-3,6,8,10,12H,4-5,7,9H2,1H3. The molecule has 2 atom stereocenters. The molecular formula is C14H17BrO2. The van der Waals surface area contributed by atoms with Gasteiger partial charge < -0.3 is 9.53 Å². The van der Waals surface area contributed by atoms with E-state index in [9.17, 15) is 4.79 Å². The van der Waals surface area contributed by atoms with Crippen LogP contribution in [0.25, 0.3) is 0 Å². The van der Waals surface area contributed by atoms with Crippen LogP contribution >= 0.6 is 15.9 Å². The Kier molecular flexibility index (Phi) is 4.35. The Hall–Kier alpha value is -0.670. The summed E-state index contributed by atoms with van der Waals surface area (Å²) in [5.41, 5.74) is 2.54. The zero-order valence-electron chi connectivity index (χ0n) is 9.99. The highest BCUT2D eigenvalue weighted by Crippen LogP contribution is 2.33. The number of ether oxygens (including phenoxy) is 1. The number of hydrogen-bond donors (Lipinski definition) is 0. The largest absolute Gasteiger partial charge is 0.381 e. The Balaban J connectivity index is 2.18. The van der Waals surface area contributed by atoms with Crippen LogP contribution in [0.15, 0.2) is 22.7 Å². The molecule has 1 fully saturated rings. The van der Waals surface area contributed by atoms with E-state index in [4.69, 9.17) is 4.74 Å². The number of rotatable bonds is 4. The molecule has 0 saturated carbocycles. The molecule has 0 amide bonds. The molecule has 92 valence electrons. The van der Waals surface area contributed by atoms with Crippen molar-refractivity contribution in [1.82, 2.24) is 0 Å². The van der Waals surface area contributed by atoms with Gasteiger partial charge in [-0.1, -0.05) is 35.0 Å². The third-order valence-electron chi connectivity index (χ3n) is 3.41. The maximum absolute atomic E-state index is 10.5. The number of carbonyl (C=O) groups excluding carboxylic acids is 1. The topological polar surface area (TPSA) is 26.3 Å². The summed E-state index contributed by atoms with van der Waals surface area (Å²) >= 11 is 3.63. The van der Waals surface area contributed by atoms with Gasteiger partial charge >= 0.3 is 0 Å². The molecule has 2 nitrogen and oxygen atoms in total. The molecule has 1 saturated heterocycles. The quantitative estimate of drug-likeness (QED) is 0.793. The van der Waals surface area contributed by atoms with E-state index in [-0.39, 0.29) is 5.92 Å².